The quantitative estimate of drug-likeness (QED) is 0.506. The van der Waals surface area contributed by atoms with Gasteiger partial charge in [-0.05, 0) is 24.3 Å². The highest BCUT2D eigenvalue weighted by atomic mass is 16.3. The van der Waals surface area contributed by atoms with E-state index in [1.165, 1.54) is 48.8 Å². The molecule has 0 radical (unpaired) electrons. The van der Waals surface area contributed by atoms with Crippen molar-refractivity contribution >= 4 is 12.4 Å². The van der Waals surface area contributed by atoms with Crippen molar-refractivity contribution in [3.8, 4) is 23.0 Å². The predicted molar refractivity (Wildman–Crippen MR) is 74.7 cm³/mol. The van der Waals surface area contributed by atoms with E-state index >= 15 is 0 Å². The Hall–Kier alpha value is -3.02. The van der Waals surface area contributed by atoms with Crippen LogP contribution in [0, 0.1) is 0 Å². The van der Waals surface area contributed by atoms with E-state index in [1.54, 1.807) is 0 Å². The van der Waals surface area contributed by atoms with Gasteiger partial charge in [0.05, 0.1) is 12.4 Å². The van der Waals surface area contributed by atoms with Crippen LogP contribution in [-0.2, 0) is 0 Å². The summed E-state index contributed by atoms with van der Waals surface area (Å²) in [6, 6.07) is 8.18. The Labute approximate surface area is 114 Å². The molecule has 0 bridgehead atoms. The largest absolute Gasteiger partial charge is 0.508 e. The van der Waals surface area contributed by atoms with Gasteiger partial charge >= 0.3 is 0 Å². The molecular weight excluding hydrogens is 260 g/mol. The maximum Gasteiger partial charge on any atom is 0.128 e. The molecule has 6 heteroatoms. The summed E-state index contributed by atoms with van der Waals surface area (Å²) in [5.74, 6) is -0.317. The predicted octanol–water partition coefficient (Wildman–Crippen LogP) is 1.96. The molecule has 0 saturated heterocycles. The lowest BCUT2D eigenvalue weighted by atomic mass is 10.2. The minimum absolute atomic E-state index is 0.0443. The van der Waals surface area contributed by atoms with Crippen molar-refractivity contribution in [2.75, 3.05) is 0 Å². The van der Waals surface area contributed by atoms with Crippen LogP contribution in [0.5, 0.6) is 23.0 Å². The molecule has 0 aliphatic rings. The fourth-order valence-electron chi connectivity index (χ4n) is 1.47. The van der Waals surface area contributed by atoms with Crippen LogP contribution in [0.3, 0.4) is 0 Å². The molecule has 102 valence electrons. The first-order valence-corrected chi connectivity index (χ1v) is 5.66. The van der Waals surface area contributed by atoms with Crippen molar-refractivity contribution < 1.29 is 20.4 Å². The SMILES string of the molecule is Oc1ccc(/C=N\N=C/c2ccc(O)cc2O)c(O)c1. The molecule has 2 rings (SSSR count). The van der Waals surface area contributed by atoms with E-state index in [4.69, 9.17) is 10.2 Å². The average molecular weight is 272 g/mol. The van der Waals surface area contributed by atoms with Crippen molar-refractivity contribution in [3.63, 3.8) is 0 Å². The zero-order chi connectivity index (χ0) is 14.5. The van der Waals surface area contributed by atoms with Crippen molar-refractivity contribution in [2.45, 2.75) is 0 Å². The number of phenolic OH excluding ortho intramolecular Hbond substituents is 4. The minimum Gasteiger partial charge on any atom is -0.508 e. The lowest BCUT2D eigenvalue weighted by Crippen LogP contribution is -1.83. The Balaban J connectivity index is 2.11. The molecule has 0 unspecified atom stereocenters. The van der Waals surface area contributed by atoms with Crippen LogP contribution < -0.4 is 0 Å². The number of aromatic hydroxyl groups is 4. The molecule has 0 aromatic heterocycles. The zero-order valence-corrected chi connectivity index (χ0v) is 10.3. The number of nitrogens with zero attached hydrogens (tertiary/aromatic N) is 2. The third kappa shape index (κ3) is 3.26. The second-order valence-corrected chi connectivity index (χ2v) is 3.98. The number of hydrogen-bond donors (Lipinski definition) is 4. The van der Waals surface area contributed by atoms with Gasteiger partial charge in [0.1, 0.15) is 23.0 Å². The van der Waals surface area contributed by atoms with Gasteiger partial charge in [-0.25, -0.2) is 0 Å². The molecule has 0 heterocycles. The van der Waals surface area contributed by atoms with Crippen LogP contribution in [-0.4, -0.2) is 32.9 Å². The number of rotatable bonds is 3. The molecule has 0 spiro atoms. The molecule has 0 aliphatic carbocycles. The molecule has 20 heavy (non-hydrogen) atoms. The van der Waals surface area contributed by atoms with Gasteiger partial charge in [0.25, 0.3) is 0 Å². The fourth-order valence-corrected chi connectivity index (χ4v) is 1.47. The summed E-state index contributed by atoms with van der Waals surface area (Å²) < 4.78 is 0. The Morgan fingerprint density at radius 1 is 0.650 bits per heavy atom. The van der Waals surface area contributed by atoms with Crippen LogP contribution in [0.1, 0.15) is 11.1 Å². The highest BCUT2D eigenvalue weighted by Crippen LogP contribution is 2.22. The van der Waals surface area contributed by atoms with Crippen molar-refractivity contribution in [3.05, 3.63) is 47.5 Å². The maximum atomic E-state index is 9.51. The van der Waals surface area contributed by atoms with Crippen molar-refractivity contribution in [1.82, 2.24) is 0 Å². The van der Waals surface area contributed by atoms with Gasteiger partial charge in [0.15, 0.2) is 0 Å². The highest BCUT2D eigenvalue weighted by Gasteiger charge is 1.99. The first kappa shape index (κ1) is 13.4. The number of benzene rings is 2. The lowest BCUT2D eigenvalue weighted by molar-refractivity contribution is 0.449. The summed E-state index contributed by atoms with van der Waals surface area (Å²) in [6.45, 7) is 0. The second-order valence-electron chi connectivity index (χ2n) is 3.98. The van der Waals surface area contributed by atoms with E-state index in [1.807, 2.05) is 0 Å². The molecule has 0 aliphatic heterocycles. The first-order chi connectivity index (χ1) is 9.56. The minimum atomic E-state index is -0.114. The van der Waals surface area contributed by atoms with E-state index in [0.29, 0.717) is 11.1 Å². The van der Waals surface area contributed by atoms with Crippen molar-refractivity contribution in [2.24, 2.45) is 10.2 Å². The van der Waals surface area contributed by atoms with Gasteiger partial charge in [-0.1, -0.05) is 0 Å². The van der Waals surface area contributed by atoms with Crippen LogP contribution in [0.2, 0.25) is 0 Å². The van der Waals surface area contributed by atoms with E-state index in [2.05, 4.69) is 10.2 Å². The summed E-state index contributed by atoms with van der Waals surface area (Å²) in [6.07, 6.45) is 2.62. The van der Waals surface area contributed by atoms with Gasteiger partial charge < -0.3 is 20.4 Å². The normalized spacial score (nSPS) is 11.4. The van der Waals surface area contributed by atoms with Crippen LogP contribution in [0.15, 0.2) is 46.6 Å². The molecule has 2 aromatic rings. The molecule has 0 amide bonds. The topological polar surface area (TPSA) is 106 Å². The summed E-state index contributed by atoms with van der Waals surface area (Å²) >= 11 is 0. The molecule has 4 N–H and O–H groups in total. The smallest absolute Gasteiger partial charge is 0.128 e. The Bertz CT molecular complexity index is 621. The van der Waals surface area contributed by atoms with Gasteiger partial charge in [-0.3, -0.25) is 0 Å². The van der Waals surface area contributed by atoms with E-state index in [0.717, 1.165) is 0 Å². The fraction of sp³-hybridized carbons (Fsp3) is 0. The third-order valence-corrected chi connectivity index (χ3v) is 2.49. The van der Waals surface area contributed by atoms with Crippen molar-refractivity contribution in [1.29, 1.82) is 0 Å². The summed E-state index contributed by atoms with van der Waals surface area (Å²) in [4.78, 5) is 0. The molecule has 0 fully saturated rings. The number of hydrogen-bond acceptors (Lipinski definition) is 6. The average Bonchev–Trinajstić information content (AvgIpc) is 2.39. The van der Waals surface area contributed by atoms with Gasteiger partial charge in [0, 0.05) is 23.3 Å². The standard InChI is InChI=1S/C14H12N2O4/c17-11-3-1-9(13(19)5-11)7-15-16-8-10-2-4-12(18)6-14(10)20/h1-8,17-20H/b15-7-,16-8-. The Morgan fingerprint density at radius 2 is 1.05 bits per heavy atom. The summed E-state index contributed by atoms with van der Waals surface area (Å²) in [5.41, 5.74) is 0.796. The Kier molecular flexibility index (Phi) is 3.85. The van der Waals surface area contributed by atoms with Gasteiger partial charge in [0.2, 0.25) is 0 Å². The molecule has 2 aromatic carbocycles. The first-order valence-electron chi connectivity index (χ1n) is 5.66. The van der Waals surface area contributed by atoms with Gasteiger partial charge in [-0.15, -0.1) is 0 Å². The molecule has 0 saturated carbocycles. The highest BCUT2D eigenvalue weighted by molar-refractivity contribution is 5.86. The summed E-state index contributed by atoms with van der Waals surface area (Å²) in [7, 11) is 0. The lowest BCUT2D eigenvalue weighted by Gasteiger charge is -1.98. The number of phenols is 4. The van der Waals surface area contributed by atoms with E-state index < -0.39 is 0 Å². The summed E-state index contributed by atoms with van der Waals surface area (Å²) in [5, 5.41) is 44.7. The van der Waals surface area contributed by atoms with Crippen LogP contribution in [0.25, 0.3) is 0 Å². The zero-order valence-electron chi connectivity index (χ0n) is 10.3. The molecule has 0 atom stereocenters. The van der Waals surface area contributed by atoms with E-state index in [-0.39, 0.29) is 23.0 Å². The van der Waals surface area contributed by atoms with Crippen LogP contribution in [0.4, 0.5) is 0 Å². The molecular formula is C14H12N2O4. The molecule has 6 nitrogen and oxygen atoms in total. The van der Waals surface area contributed by atoms with Crippen LogP contribution >= 0.6 is 0 Å². The van der Waals surface area contributed by atoms with E-state index in [9.17, 15) is 10.2 Å². The monoisotopic (exact) mass is 272 g/mol. The maximum absolute atomic E-state index is 9.51. The second kappa shape index (κ2) is 5.75. The third-order valence-electron chi connectivity index (χ3n) is 2.49. The Morgan fingerprint density at radius 3 is 1.40 bits per heavy atom. The van der Waals surface area contributed by atoms with Gasteiger partial charge in [-0.2, -0.15) is 10.2 Å².